The number of nitrogens with two attached hydrogens (primary N) is 2. The highest BCUT2D eigenvalue weighted by molar-refractivity contribution is 8.76. The van der Waals surface area contributed by atoms with Crippen molar-refractivity contribution in [2.24, 2.45) is 11.5 Å². The molecule has 0 radical (unpaired) electrons. The molecule has 5 amide bonds. The number of Topliss-reactive ketones (excluding diaryl/α,β-unsaturated/α-hetero) is 2. The zero-order valence-electron chi connectivity index (χ0n) is 43.4. The number of aromatic nitrogens is 4. The second-order valence-electron chi connectivity index (χ2n) is 19.0. The molecule has 13 N–H and O–H groups in total. The first-order valence-corrected chi connectivity index (χ1v) is 30.5. The van der Waals surface area contributed by atoms with Crippen LogP contribution in [-0.2, 0) is 61.2 Å². The monoisotopic (exact) mass is 1120 g/mol. The Kier molecular flexibility index (Phi) is 32.1. The number of hydrogen-bond donors (Lipinski definition) is 11. The second kappa shape index (κ2) is 37.5. The van der Waals surface area contributed by atoms with Crippen LogP contribution >= 0.6 is 21.6 Å². The summed E-state index contributed by atoms with van der Waals surface area (Å²) in [5.74, 6) is -4.37. The van der Waals surface area contributed by atoms with E-state index in [9.17, 15) is 57.0 Å². The van der Waals surface area contributed by atoms with Crippen molar-refractivity contribution in [3.63, 3.8) is 0 Å². The summed E-state index contributed by atoms with van der Waals surface area (Å²) in [6.07, 6.45) is 15.1. The number of phenols is 1. The maximum atomic E-state index is 13.4. The number of aryl methyl sites for hydroxylation is 1. The third kappa shape index (κ3) is 29.3. The van der Waals surface area contributed by atoms with Gasteiger partial charge < -0.3 is 37.6 Å². The van der Waals surface area contributed by atoms with Crippen LogP contribution in [0, 0.1) is 0 Å². The number of benzene rings is 1. The Morgan fingerprint density at radius 2 is 1.41 bits per heavy atom. The van der Waals surface area contributed by atoms with E-state index in [0.717, 1.165) is 44.3 Å². The number of phenolic OH excluding ortho intramolecular Hbond substituents is 1. The van der Waals surface area contributed by atoms with Crippen LogP contribution in [0.15, 0.2) is 24.3 Å². The van der Waals surface area contributed by atoms with Gasteiger partial charge in [-0.1, -0.05) is 110 Å². The third-order valence-corrected chi connectivity index (χ3v) is 16.4. The van der Waals surface area contributed by atoms with Gasteiger partial charge in [0.25, 0.3) is 0 Å². The molecule has 5 atom stereocenters. The summed E-state index contributed by atoms with van der Waals surface area (Å²) in [5, 5.41) is 46.8. The number of nitrogens with zero attached hydrogens (tertiary/aromatic N) is 3. The van der Waals surface area contributed by atoms with Gasteiger partial charge in [-0.05, 0) is 69.1 Å². The summed E-state index contributed by atoms with van der Waals surface area (Å²) in [6, 6.07) is 1.23. The molecule has 1 aromatic carbocycles. The summed E-state index contributed by atoms with van der Waals surface area (Å²) in [4.78, 5) is 101. The number of carbonyl (C=O) groups is 8. The maximum absolute atomic E-state index is 13.4. The molecule has 0 saturated carbocycles. The zero-order chi connectivity index (χ0) is 55.6. The Balaban J connectivity index is 1.27. The van der Waals surface area contributed by atoms with Crippen LogP contribution in [0.5, 0.6) is 5.75 Å². The van der Waals surface area contributed by atoms with Crippen LogP contribution in [0.25, 0.3) is 0 Å². The number of nitrogens with one attached hydrogen (secondary N) is 7. The highest BCUT2D eigenvalue weighted by atomic mass is 33.1. The molecule has 76 heavy (non-hydrogen) atoms. The molecular formula is C49H80N12O12S3. The van der Waals surface area contributed by atoms with Gasteiger partial charge in [0, 0.05) is 43.7 Å². The molecule has 1 unspecified atom stereocenters. The van der Waals surface area contributed by atoms with Crippen LogP contribution in [0.1, 0.15) is 146 Å². The number of aromatic amines is 1. The van der Waals surface area contributed by atoms with Crippen molar-refractivity contribution in [2.45, 2.75) is 178 Å². The molecule has 1 fully saturated rings. The maximum Gasteiger partial charge on any atom is 0.326 e. The summed E-state index contributed by atoms with van der Waals surface area (Å²) in [7, 11) is -1.41. The Hall–Kier alpha value is -5.22. The standard InChI is InChI=1S/C49H80N12O12S3/c50-36-32-74-75-33-40(42(64)31-53-39(47(51)68)29-34-21-23-35(62)24-22-34)54-30-41(63)37(56-48(36)69)17-14-15-27-52-44(65)26-25-38(49(70)71)55-45(66)20-16-28-76(72,73)59-46(67)19-13-11-9-7-5-3-1-2-4-6-8-10-12-18-43-57-60-61-58-43/h21-24,36-40,53-54,62H,1-20,25-33,50H2,(H2,51,68)(H,52,65)(H,55,66)(H,56,69)(H,59,67)(H,70,71)(H,57,58,60,61)/t36-,37-,38?,39-,40-/m0/s1. The van der Waals surface area contributed by atoms with Gasteiger partial charge in [0.2, 0.25) is 39.6 Å². The highest BCUT2D eigenvalue weighted by Gasteiger charge is 2.28. The van der Waals surface area contributed by atoms with Gasteiger partial charge in [0.1, 0.15) is 11.8 Å². The number of primary amides is 1. The number of ketones is 2. The van der Waals surface area contributed by atoms with Crippen molar-refractivity contribution in [1.29, 1.82) is 0 Å². The summed E-state index contributed by atoms with van der Waals surface area (Å²) >= 11 is 0. The van der Waals surface area contributed by atoms with E-state index >= 15 is 0 Å². The van der Waals surface area contributed by atoms with E-state index in [1.807, 2.05) is 4.72 Å². The van der Waals surface area contributed by atoms with Gasteiger partial charge in [-0.2, -0.15) is 5.21 Å². The van der Waals surface area contributed by atoms with Crippen LogP contribution < -0.4 is 42.8 Å². The number of carboxylic acid groups (broad SMARTS) is 1. The van der Waals surface area contributed by atoms with E-state index in [-0.39, 0.29) is 87.6 Å². The van der Waals surface area contributed by atoms with Gasteiger partial charge in [0.05, 0.1) is 43.0 Å². The number of H-pyrrole nitrogens is 1. The van der Waals surface area contributed by atoms with Crippen molar-refractivity contribution < 1.29 is 57.0 Å². The fourth-order valence-corrected chi connectivity index (χ4v) is 11.5. The number of carboxylic acids is 1. The second-order valence-corrected chi connectivity index (χ2v) is 23.4. The molecule has 2 heterocycles. The lowest BCUT2D eigenvalue weighted by Crippen LogP contribution is -2.54. The Bertz CT molecular complexity index is 2210. The SMILES string of the molecule is NC(=O)[C@H](Cc1ccc(O)cc1)NCC(=O)[C@@H]1CSSC[C@H](N)C(=O)N[C@@H](CCCCNC(=O)CCC(NC(=O)CCCS(=O)(=O)NC(=O)CCCCCCCCCCCCCCCc2nn[nH]n2)C(=O)O)C(=O)CN1. The van der Waals surface area contributed by atoms with Gasteiger partial charge >= 0.3 is 5.97 Å². The number of hydrogen-bond acceptors (Lipinski definition) is 19. The Labute approximate surface area is 453 Å². The van der Waals surface area contributed by atoms with E-state index < -0.39 is 87.3 Å². The largest absolute Gasteiger partial charge is 0.508 e. The minimum Gasteiger partial charge on any atom is -0.508 e. The molecule has 0 aliphatic carbocycles. The van der Waals surface area contributed by atoms with E-state index in [4.69, 9.17) is 11.5 Å². The molecule has 0 spiro atoms. The van der Waals surface area contributed by atoms with Gasteiger partial charge in [-0.3, -0.25) is 48.9 Å². The first kappa shape index (κ1) is 65.1. The van der Waals surface area contributed by atoms with Crippen LogP contribution in [0.3, 0.4) is 0 Å². The average molecular weight is 1130 g/mol. The van der Waals surface area contributed by atoms with Gasteiger partial charge in [-0.25, -0.2) is 13.2 Å². The molecule has 1 saturated heterocycles. The molecule has 2 aromatic rings. The van der Waals surface area contributed by atoms with E-state index in [0.29, 0.717) is 24.8 Å². The number of amides is 5. The lowest BCUT2D eigenvalue weighted by atomic mass is 10.0. The number of rotatable bonds is 38. The Morgan fingerprint density at radius 3 is 2.04 bits per heavy atom. The number of carbonyl (C=O) groups excluding carboxylic acids is 7. The summed E-state index contributed by atoms with van der Waals surface area (Å²) < 4.78 is 27.0. The van der Waals surface area contributed by atoms with Crippen LogP contribution in [0.4, 0.5) is 0 Å². The molecular weight excluding hydrogens is 1040 g/mol. The van der Waals surface area contributed by atoms with E-state index in [1.54, 1.807) is 12.1 Å². The minimum absolute atomic E-state index is 0.0612. The summed E-state index contributed by atoms with van der Waals surface area (Å²) in [5.41, 5.74) is 12.4. The van der Waals surface area contributed by atoms with Crippen molar-refractivity contribution in [3.05, 3.63) is 35.7 Å². The third-order valence-electron chi connectivity index (χ3n) is 12.6. The fourth-order valence-electron chi connectivity index (χ4n) is 8.10. The average Bonchev–Trinajstić information content (AvgIpc) is 3.90. The molecule has 1 aromatic heterocycles. The number of sulfonamides is 1. The van der Waals surface area contributed by atoms with Crippen LogP contribution in [-0.4, -0.2) is 153 Å². The van der Waals surface area contributed by atoms with Crippen molar-refractivity contribution in [2.75, 3.05) is 36.9 Å². The zero-order valence-corrected chi connectivity index (χ0v) is 45.8. The molecule has 0 bridgehead atoms. The lowest BCUT2D eigenvalue weighted by Gasteiger charge is -2.24. The lowest BCUT2D eigenvalue weighted by molar-refractivity contribution is -0.142. The van der Waals surface area contributed by atoms with Crippen molar-refractivity contribution >= 4 is 78.7 Å². The molecule has 1 aliphatic rings. The van der Waals surface area contributed by atoms with Crippen LogP contribution in [0.2, 0.25) is 0 Å². The van der Waals surface area contributed by atoms with Gasteiger partial charge in [-0.15, -0.1) is 10.2 Å². The number of aliphatic carboxylic acids is 1. The van der Waals surface area contributed by atoms with Crippen molar-refractivity contribution in [1.82, 2.24) is 51.9 Å². The van der Waals surface area contributed by atoms with Gasteiger partial charge in [0.15, 0.2) is 17.4 Å². The Morgan fingerprint density at radius 1 is 0.776 bits per heavy atom. The summed E-state index contributed by atoms with van der Waals surface area (Å²) in [6.45, 7) is -0.335. The molecule has 426 valence electrons. The smallest absolute Gasteiger partial charge is 0.326 e. The molecule has 27 heteroatoms. The normalized spacial score (nSPS) is 17.3. The predicted molar refractivity (Wildman–Crippen MR) is 289 cm³/mol. The number of tetrazole rings is 1. The minimum atomic E-state index is -4.01. The fraction of sp³-hybridized carbons (Fsp3) is 0.694. The predicted octanol–water partition coefficient (Wildman–Crippen LogP) is 1.76. The number of unbranched alkanes of at least 4 members (excludes halogenated alkanes) is 13. The number of aromatic hydroxyl groups is 1. The van der Waals surface area contributed by atoms with E-state index in [1.165, 1.54) is 78.7 Å². The topological polar surface area (TPSA) is 390 Å². The first-order valence-electron chi connectivity index (χ1n) is 26.4. The first-order chi connectivity index (χ1) is 36.4. The highest BCUT2D eigenvalue weighted by Crippen LogP contribution is 2.23. The quantitative estimate of drug-likeness (QED) is 0.0337. The van der Waals surface area contributed by atoms with Crippen molar-refractivity contribution in [3.8, 4) is 5.75 Å². The molecule has 24 nitrogen and oxygen atoms in total. The molecule has 1 aliphatic heterocycles. The molecule has 3 rings (SSSR count). The van der Waals surface area contributed by atoms with E-state index in [2.05, 4.69) is 47.2 Å².